The van der Waals surface area contributed by atoms with Gasteiger partial charge in [-0.1, -0.05) is 15.9 Å². The largest absolute Gasteiger partial charge is 0.340 e. The van der Waals surface area contributed by atoms with Crippen molar-refractivity contribution in [2.24, 2.45) is 0 Å². The van der Waals surface area contributed by atoms with Crippen molar-refractivity contribution in [3.05, 3.63) is 27.5 Å². The number of imidazole rings is 1. The van der Waals surface area contributed by atoms with E-state index < -0.39 is 0 Å². The van der Waals surface area contributed by atoms with Crippen molar-refractivity contribution in [1.29, 1.82) is 0 Å². The van der Waals surface area contributed by atoms with Crippen molar-refractivity contribution in [2.45, 2.75) is 39.2 Å². The van der Waals surface area contributed by atoms with Crippen molar-refractivity contribution >= 4 is 27.0 Å². The van der Waals surface area contributed by atoms with Gasteiger partial charge in [-0.2, -0.15) is 0 Å². The van der Waals surface area contributed by atoms with Crippen molar-refractivity contribution in [2.75, 3.05) is 6.54 Å². The van der Waals surface area contributed by atoms with Crippen molar-refractivity contribution in [3.63, 3.8) is 0 Å². The maximum Gasteiger partial charge on any atom is 0.127 e. The van der Waals surface area contributed by atoms with E-state index in [9.17, 15) is 0 Å². The summed E-state index contributed by atoms with van der Waals surface area (Å²) in [5.74, 6) is 1.07. The van der Waals surface area contributed by atoms with Crippen molar-refractivity contribution in [3.8, 4) is 0 Å². The lowest BCUT2D eigenvalue weighted by Crippen LogP contribution is -2.34. The molecule has 1 aliphatic rings. The zero-order chi connectivity index (χ0) is 12.9. The van der Waals surface area contributed by atoms with Crippen molar-refractivity contribution in [1.82, 2.24) is 15.3 Å². The Morgan fingerprint density at radius 3 is 2.78 bits per heavy atom. The van der Waals surface area contributed by atoms with Crippen LogP contribution in [-0.4, -0.2) is 16.5 Å². The van der Waals surface area contributed by atoms with Gasteiger partial charge >= 0.3 is 0 Å². The Bertz CT molecular complexity index is 609. The molecular formula is C14H18BrN3. The Kier molecular flexibility index (Phi) is 2.75. The number of halogens is 1. The molecule has 0 amide bonds. The van der Waals surface area contributed by atoms with Gasteiger partial charge in [0.1, 0.15) is 5.82 Å². The summed E-state index contributed by atoms with van der Waals surface area (Å²) in [4.78, 5) is 8.31. The number of nitrogens with zero attached hydrogens (tertiary/aromatic N) is 1. The summed E-state index contributed by atoms with van der Waals surface area (Å²) in [5.41, 5.74) is 4.75. The summed E-state index contributed by atoms with van der Waals surface area (Å²) in [7, 11) is 0. The van der Waals surface area contributed by atoms with E-state index in [2.05, 4.69) is 53.1 Å². The molecule has 1 aromatic carbocycles. The molecule has 1 aliphatic heterocycles. The Morgan fingerprint density at radius 1 is 1.33 bits per heavy atom. The number of hydrogen-bond donors (Lipinski definition) is 2. The van der Waals surface area contributed by atoms with Gasteiger partial charge in [-0.25, -0.2) is 4.98 Å². The fourth-order valence-electron chi connectivity index (χ4n) is 2.73. The van der Waals surface area contributed by atoms with Gasteiger partial charge in [-0.05, 0) is 57.4 Å². The lowest BCUT2D eigenvalue weighted by Gasteiger charge is -2.21. The SMILES string of the molecule is Cc1c(Br)cc2[nH]c([C@]3(C)CCCN3)nc2c1C. The summed E-state index contributed by atoms with van der Waals surface area (Å²) in [6.07, 6.45) is 2.36. The molecule has 2 N–H and O–H groups in total. The van der Waals surface area contributed by atoms with Crippen LogP contribution in [0.15, 0.2) is 10.5 Å². The quantitative estimate of drug-likeness (QED) is 0.846. The van der Waals surface area contributed by atoms with Crippen LogP contribution < -0.4 is 5.32 Å². The molecule has 0 radical (unpaired) electrons. The van der Waals surface area contributed by atoms with Crippen LogP contribution in [0.25, 0.3) is 11.0 Å². The van der Waals surface area contributed by atoms with E-state index in [1.54, 1.807) is 0 Å². The number of benzene rings is 1. The van der Waals surface area contributed by atoms with Crippen LogP contribution in [0.5, 0.6) is 0 Å². The Hall–Kier alpha value is -0.870. The van der Waals surface area contributed by atoms with Crippen molar-refractivity contribution < 1.29 is 0 Å². The zero-order valence-corrected chi connectivity index (χ0v) is 12.6. The predicted octanol–water partition coefficient (Wildman–Crippen LogP) is 3.54. The van der Waals surface area contributed by atoms with Crippen LogP contribution in [0.4, 0.5) is 0 Å². The molecule has 18 heavy (non-hydrogen) atoms. The minimum atomic E-state index is 0.00579. The first-order valence-corrected chi connectivity index (χ1v) is 7.21. The van der Waals surface area contributed by atoms with Crippen LogP contribution in [0.3, 0.4) is 0 Å². The first-order chi connectivity index (χ1) is 8.51. The van der Waals surface area contributed by atoms with Gasteiger partial charge < -0.3 is 10.3 Å². The molecule has 1 fully saturated rings. The third kappa shape index (κ3) is 1.70. The van der Waals surface area contributed by atoms with Gasteiger partial charge in [0.05, 0.1) is 16.6 Å². The van der Waals surface area contributed by atoms with Crippen LogP contribution in [0.1, 0.15) is 36.7 Å². The standard InChI is InChI=1S/C14H18BrN3/c1-8-9(2)12-11(7-10(8)15)17-13(18-12)14(3)5-4-6-16-14/h7,16H,4-6H2,1-3H3,(H,17,18)/t14-/m0/s1. The summed E-state index contributed by atoms with van der Waals surface area (Å²) < 4.78 is 1.15. The molecule has 2 aromatic rings. The molecule has 3 rings (SSSR count). The highest BCUT2D eigenvalue weighted by molar-refractivity contribution is 9.10. The molecule has 0 unspecified atom stereocenters. The van der Waals surface area contributed by atoms with Gasteiger partial charge in [-0.15, -0.1) is 0 Å². The maximum atomic E-state index is 4.83. The summed E-state index contributed by atoms with van der Waals surface area (Å²) >= 11 is 3.61. The van der Waals surface area contributed by atoms with Gasteiger partial charge in [0.2, 0.25) is 0 Å². The van der Waals surface area contributed by atoms with Gasteiger partial charge in [0.25, 0.3) is 0 Å². The van der Waals surface area contributed by atoms with Crippen LogP contribution in [0.2, 0.25) is 0 Å². The monoisotopic (exact) mass is 307 g/mol. The highest BCUT2D eigenvalue weighted by Gasteiger charge is 2.33. The van der Waals surface area contributed by atoms with E-state index in [0.29, 0.717) is 0 Å². The molecule has 3 nitrogen and oxygen atoms in total. The number of aromatic amines is 1. The average Bonchev–Trinajstić information content (AvgIpc) is 2.94. The molecule has 1 aromatic heterocycles. The number of nitrogens with one attached hydrogen (secondary N) is 2. The molecule has 4 heteroatoms. The zero-order valence-electron chi connectivity index (χ0n) is 11.0. The molecule has 0 aliphatic carbocycles. The topological polar surface area (TPSA) is 40.7 Å². The molecule has 0 bridgehead atoms. The van der Waals surface area contributed by atoms with E-state index >= 15 is 0 Å². The maximum absolute atomic E-state index is 4.83. The fourth-order valence-corrected chi connectivity index (χ4v) is 3.25. The number of hydrogen-bond acceptors (Lipinski definition) is 2. The third-order valence-corrected chi connectivity index (χ3v) is 4.99. The van der Waals surface area contributed by atoms with E-state index in [4.69, 9.17) is 4.98 Å². The van der Waals surface area contributed by atoms with Crippen LogP contribution in [0, 0.1) is 13.8 Å². The van der Waals surface area contributed by atoms with E-state index in [1.165, 1.54) is 17.5 Å². The Labute approximate surface area is 116 Å². The smallest absolute Gasteiger partial charge is 0.127 e. The average molecular weight is 308 g/mol. The molecule has 1 saturated heterocycles. The van der Waals surface area contributed by atoms with Crippen LogP contribution >= 0.6 is 15.9 Å². The van der Waals surface area contributed by atoms with Gasteiger partial charge in [0.15, 0.2) is 0 Å². The second-order valence-corrected chi connectivity index (χ2v) is 6.31. The minimum Gasteiger partial charge on any atom is -0.340 e. The molecule has 1 atom stereocenters. The molecule has 2 heterocycles. The van der Waals surface area contributed by atoms with Gasteiger partial charge in [-0.3, -0.25) is 0 Å². The van der Waals surface area contributed by atoms with Crippen LogP contribution in [-0.2, 0) is 5.54 Å². The lowest BCUT2D eigenvalue weighted by atomic mass is 10.00. The number of H-pyrrole nitrogens is 1. The minimum absolute atomic E-state index is 0.00579. The third-order valence-electron chi connectivity index (χ3n) is 4.17. The number of aromatic nitrogens is 2. The number of aryl methyl sites for hydroxylation is 1. The summed E-state index contributed by atoms with van der Waals surface area (Å²) in [5, 5.41) is 3.55. The molecule has 0 saturated carbocycles. The molecule has 0 spiro atoms. The normalized spacial score (nSPS) is 24.0. The lowest BCUT2D eigenvalue weighted by molar-refractivity contribution is 0.412. The second-order valence-electron chi connectivity index (χ2n) is 5.45. The van der Waals surface area contributed by atoms with E-state index in [1.807, 2.05) is 0 Å². The Morgan fingerprint density at radius 2 is 2.11 bits per heavy atom. The molecule has 96 valence electrons. The summed E-state index contributed by atoms with van der Waals surface area (Å²) in [6, 6.07) is 2.13. The molecular weight excluding hydrogens is 290 g/mol. The first-order valence-electron chi connectivity index (χ1n) is 6.42. The van der Waals surface area contributed by atoms with E-state index in [-0.39, 0.29) is 5.54 Å². The van der Waals surface area contributed by atoms with E-state index in [0.717, 1.165) is 34.3 Å². The number of fused-ring (bicyclic) bond motifs is 1. The predicted molar refractivity (Wildman–Crippen MR) is 77.9 cm³/mol. The fraction of sp³-hybridized carbons (Fsp3) is 0.500. The Balaban J connectivity index is 2.20. The second kappa shape index (κ2) is 4.07. The number of rotatable bonds is 1. The highest BCUT2D eigenvalue weighted by Crippen LogP contribution is 2.32. The highest BCUT2D eigenvalue weighted by atomic mass is 79.9. The summed E-state index contributed by atoms with van der Waals surface area (Å²) in [6.45, 7) is 7.57. The van der Waals surface area contributed by atoms with Gasteiger partial charge in [0, 0.05) is 4.47 Å². The first kappa shape index (κ1) is 12.2.